The number of fused-ring (bicyclic) bond motifs is 1. The summed E-state index contributed by atoms with van der Waals surface area (Å²) < 4.78 is 5.13. The maximum absolute atomic E-state index is 5.85. The molecule has 2 heterocycles. The van der Waals surface area contributed by atoms with E-state index in [9.17, 15) is 0 Å². The molecule has 0 spiro atoms. The predicted octanol–water partition coefficient (Wildman–Crippen LogP) is 3.09. The number of hydrogen-bond donors (Lipinski definition) is 1. The fourth-order valence-corrected chi connectivity index (χ4v) is 2.06. The Balaban J connectivity index is 2.33. The molecule has 0 unspecified atom stereocenters. The average molecular weight is 239 g/mol. The quantitative estimate of drug-likeness (QED) is 0.708. The summed E-state index contributed by atoms with van der Waals surface area (Å²) >= 11 is 0. The van der Waals surface area contributed by atoms with Gasteiger partial charge in [0.05, 0.1) is 5.39 Å². The van der Waals surface area contributed by atoms with E-state index in [-0.39, 0.29) is 0 Å². The maximum atomic E-state index is 5.85. The molecule has 0 saturated heterocycles. The number of hydrogen-bond acceptors (Lipinski definition) is 4. The van der Waals surface area contributed by atoms with Crippen molar-refractivity contribution in [3.63, 3.8) is 0 Å². The van der Waals surface area contributed by atoms with E-state index in [1.807, 2.05) is 13.0 Å². The van der Waals surface area contributed by atoms with E-state index in [0.717, 1.165) is 22.2 Å². The number of rotatable bonds is 1. The Kier molecular flexibility index (Phi) is 2.30. The summed E-state index contributed by atoms with van der Waals surface area (Å²) in [6.45, 7) is 3.99. The van der Waals surface area contributed by atoms with Crippen LogP contribution in [0.3, 0.4) is 0 Å². The number of nitrogens with two attached hydrogens (primary N) is 1. The van der Waals surface area contributed by atoms with E-state index >= 15 is 0 Å². The normalized spacial score (nSPS) is 11.0. The standard InChI is InChI=1S/C14H13N3O/c1-8-3-5-10(6-4-8)11-7-9(2)16-14-12(11)13(15)17-18-14/h3-7H,1-2H3,(H2,15,17). The summed E-state index contributed by atoms with van der Waals surface area (Å²) in [5.74, 6) is 0.382. The lowest BCUT2D eigenvalue weighted by atomic mass is 10.0. The topological polar surface area (TPSA) is 64.9 Å². The number of nitrogen functional groups attached to an aromatic ring is 1. The van der Waals surface area contributed by atoms with Crippen molar-refractivity contribution in [1.29, 1.82) is 0 Å². The van der Waals surface area contributed by atoms with Crippen molar-refractivity contribution in [3.8, 4) is 11.1 Å². The van der Waals surface area contributed by atoms with Gasteiger partial charge in [-0.15, -0.1) is 0 Å². The molecule has 0 aliphatic rings. The smallest absolute Gasteiger partial charge is 0.260 e. The van der Waals surface area contributed by atoms with E-state index in [1.165, 1.54) is 5.56 Å². The van der Waals surface area contributed by atoms with Gasteiger partial charge in [-0.1, -0.05) is 35.0 Å². The highest BCUT2D eigenvalue weighted by Gasteiger charge is 2.13. The van der Waals surface area contributed by atoms with Crippen molar-refractivity contribution in [2.24, 2.45) is 0 Å². The van der Waals surface area contributed by atoms with Gasteiger partial charge in [-0.2, -0.15) is 0 Å². The van der Waals surface area contributed by atoms with Crippen LogP contribution in [0.4, 0.5) is 5.82 Å². The number of aryl methyl sites for hydroxylation is 2. The molecule has 0 fully saturated rings. The first-order valence-electron chi connectivity index (χ1n) is 5.74. The van der Waals surface area contributed by atoms with Gasteiger partial charge in [-0.3, -0.25) is 0 Å². The van der Waals surface area contributed by atoms with Crippen LogP contribution in [-0.4, -0.2) is 10.1 Å². The van der Waals surface area contributed by atoms with Gasteiger partial charge < -0.3 is 10.3 Å². The molecular weight excluding hydrogens is 226 g/mol. The van der Waals surface area contributed by atoms with Gasteiger partial charge >= 0.3 is 0 Å². The minimum atomic E-state index is 0.382. The van der Waals surface area contributed by atoms with Gasteiger partial charge in [-0.25, -0.2) is 4.98 Å². The monoisotopic (exact) mass is 239 g/mol. The lowest BCUT2D eigenvalue weighted by Gasteiger charge is -2.05. The first kappa shape index (κ1) is 10.8. The van der Waals surface area contributed by atoms with Gasteiger partial charge in [0, 0.05) is 11.3 Å². The predicted molar refractivity (Wildman–Crippen MR) is 71.1 cm³/mol. The Morgan fingerprint density at radius 1 is 1.11 bits per heavy atom. The molecular formula is C14H13N3O. The molecule has 1 aromatic carbocycles. The fraction of sp³-hybridized carbons (Fsp3) is 0.143. The Hall–Kier alpha value is -2.36. The maximum Gasteiger partial charge on any atom is 0.260 e. The van der Waals surface area contributed by atoms with Crippen molar-refractivity contribution in [2.45, 2.75) is 13.8 Å². The van der Waals surface area contributed by atoms with Crippen LogP contribution in [0.5, 0.6) is 0 Å². The molecule has 0 amide bonds. The lowest BCUT2D eigenvalue weighted by molar-refractivity contribution is 0.452. The molecule has 18 heavy (non-hydrogen) atoms. The van der Waals surface area contributed by atoms with E-state index in [4.69, 9.17) is 10.3 Å². The summed E-state index contributed by atoms with van der Waals surface area (Å²) in [4.78, 5) is 4.29. The van der Waals surface area contributed by atoms with Crippen LogP contribution in [0.15, 0.2) is 34.9 Å². The Morgan fingerprint density at radius 3 is 2.56 bits per heavy atom. The van der Waals surface area contributed by atoms with Crippen LogP contribution < -0.4 is 5.73 Å². The summed E-state index contributed by atoms with van der Waals surface area (Å²) in [5.41, 5.74) is 10.5. The molecule has 3 rings (SSSR count). The van der Waals surface area contributed by atoms with Gasteiger partial charge in [-0.05, 0) is 25.5 Å². The van der Waals surface area contributed by atoms with Crippen LogP contribution in [0, 0.1) is 13.8 Å². The van der Waals surface area contributed by atoms with E-state index in [0.29, 0.717) is 11.5 Å². The molecule has 0 radical (unpaired) electrons. The molecule has 3 aromatic rings. The van der Waals surface area contributed by atoms with E-state index in [1.54, 1.807) is 0 Å². The van der Waals surface area contributed by atoms with Crippen LogP contribution in [0.2, 0.25) is 0 Å². The van der Waals surface area contributed by atoms with Crippen LogP contribution in [-0.2, 0) is 0 Å². The Morgan fingerprint density at radius 2 is 1.83 bits per heavy atom. The third-order valence-corrected chi connectivity index (χ3v) is 2.96. The molecule has 2 N–H and O–H groups in total. The highest BCUT2D eigenvalue weighted by atomic mass is 16.5. The Bertz CT molecular complexity index is 714. The van der Waals surface area contributed by atoms with Gasteiger partial charge in [0.15, 0.2) is 5.82 Å². The van der Waals surface area contributed by atoms with Crippen LogP contribution in [0.1, 0.15) is 11.3 Å². The zero-order chi connectivity index (χ0) is 12.7. The van der Waals surface area contributed by atoms with Crippen molar-refractivity contribution < 1.29 is 4.52 Å². The molecule has 2 aromatic heterocycles. The SMILES string of the molecule is Cc1ccc(-c2cc(C)nc3onc(N)c23)cc1. The molecule has 0 aliphatic heterocycles. The third-order valence-electron chi connectivity index (χ3n) is 2.96. The zero-order valence-corrected chi connectivity index (χ0v) is 10.3. The number of pyridine rings is 1. The zero-order valence-electron chi connectivity index (χ0n) is 10.3. The van der Waals surface area contributed by atoms with Crippen molar-refractivity contribution in [3.05, 3.63) is 41.6 Å². The molecule has 90 valence electrons. The minimum absolute atomic E-state index is 0.382. The van der Waals surface area contributed by atoms with Crippen molar-refractivity contribution >= 4 is 16.9 Å². The first-order valence-corrected chi connectivity index (χ1v) is 5.74. The van der Waals surface area contributed by atoms with Gasteiger partial charge in [0.25, 0.3) is 5.71 Å². The summed E-state index contributed by atoms with van der Waals surface area (Å²) in [7, 11) is 0. The van der Waals surface area contributed by atoms with Crippen molar-refractivity contribution in [1.82, 2.24) is 10.1 Å². The largest absolute Gasteiger partial charge is 0.380 e. The molecule has 4 nitrogen and oxygen atoms in total. The van der Waals surface area contributed by atoms with Crippen molar-refractivity contribution in [2.75, 3.05) is 5.73 Å². The number of nitrogens with zero attached hydrogens (tertiary/aromatic N) is 2. The lowest BCUT2D eigenvalue weighted by Crippen LogP contribution is -1.90. The van der Waals surface area contributed by atoms with Gasteiger partial charge in [0.1, 0.15) is 0 Å². The molecule has 0 aliphatic carbocycles. The van der Waals surface area contributed by atoms with Crippen LogP contribution in [0.25, 0.3) is 22.2 Å². The fourth-order valence-electron chi connectivity index (χ4n) is 2.06. The average Bonchev–Trinajstić information content (AvgIpc) is 2.71. The molecule has 0 atom stereocenters. The Labute approximate surface area is 104 Å². The second-order valence-electron chi connectivity index (χ2n) is 4.43. The minimum Gasteiger partial charge on any atom is -0.380 e. The number of benzene rings is 1. The van der Waals surface area contributed by atoms with Gasteiger partial charge in [0.2, 0.25) is 0 Å². The summed E-state index contributed by atoms with van der Waals surface area (Å²) in [5, 5.41) is 4.56. The highest BCUT2D eigenvalue weighted by Crippen LogP contribution is 2.32. The second kappa shape index (κ2) is 3.84. The molecule has 4 heteroatoms. The molecule has 0 saturated carbocycles. The highest BCUT2D eigenvalue weighted by molar-refractivity contribution is 5.98. The number of aromatic nitrogens is 2. The first-order chi connectivity index (χ1) is 8.65. The van der Waals surface area contributed by atoms with Crippen LogP contribution >= 0.6 is 0 Å². The summed E-state index contributed by atoms with van der Waals surface area (Å²) in [6.07, 6.45) is 0. The second-order valence-corrected chi connectivity index (χ2v) is 4.43. The van der Waals surface area contributed by atoms with E-state index < -0.39 is 0 Å². The molecule has 0 bridgehead atoms. The third kappa shape index (κ3) is 1.62. The summed E-state index contributed by atoms with van der Waals surface area (Å²) in [6, 6.07) is 10.3. The number of anilines is 1. The van der Waals surface area contributed by atoms with E-state index in [2.05, 4.69) is 41.3 Å².